The summed E-state index contributed by atoms with van der Waals surface area (Å²) in [5.74, 6) is -0.0625. The molecule has 0 bridgehead atoms. The normalized spacial score (nSPS) is 15.4. The number of fused-ring (bicyclic) bond motifs is 1. The van der Waals surface area contributed by atoms with Crippen molar-refractivity contribution in [1.82, 2.24) is 20.0 Å². The first-order valence-electron chi connectivity index (χ1n) is 5.29. The summed E-state index contributed by atoms with van der Waals surface area (Å²) in [4.78, 5) is 13.4. The molecule has 16 heavy (non-hydrogen) atoms. The number of amides is 1. The van der Waals surface area contributed by atoms with Gasteiger partial charge in [-0.25, -0.2) is 0 Å². The fourth-order valence-electron chi connectivity index (χ4n) is 1.74. The standard InChI is InChI=1S/C10H15BrN4O/c1-14(2)10(16)9-8(11)7-6-12-4-3-5-15(7)13-9/h12H,3-6H2,1-2H3. The second-order valence-electron chi connectivity index (χ2n) is 4.06. The van der Waals surface area contributed by atoms with Gasteiger partial charge in [-0.1, -0.05) is 0 Å². The smallest absolute Gasteiger partial charge is 0.275 e. The lowest BCUT2D eigenvalue weighted by molar-refractivity contribution is 0.0820. The summed E-state index contributed by atoms with van der Waals surface area (Å²) in [7, 11) is 3.47. The minimum absolute atomic E-state index is 0.0625. The van der Waals surface area contributed by atoms with Crippen LogP contribution in [0.15, 0.2) is 4.47 Å². The van der Waals surface area contributed by atoms with Gasteiger partial charge in [0.15, 0.2) is 5.69 Å². The number of carbonyl (C=O) groups is 1. The molecule has 0 saturated carbocycles. The molecule has 88 valence electrons. The third-order valence-corrected chi connectivity index (χ3v) is 3.45. The van der Waals surface area contributed by atoms with Crippen molar-refractivity contribution in [2.24, 2.45) is 0 Å². The summed E-state index contributed by atoms with van der Waals surface area (Å²) in [5, 5.41) is 7.68. The van der Waals surface area contributed by atoms with Crippen LogP contribution in [0.1, 0.15) is 22.6 Å². The third kappa shape index (κ3) is 1.99. The molecule has 1 aromatic rings. The highest BCUT2D eigenvalue weighted by atomic mass is 79.9. The van der Waals surface area contributed by atoms with Crippen LogP contribution >= 0.6 is 15.9 Å². The molecule has 0 aliphatic carbocycles. The number of nitrogens with zero attached hydrogens (tertiary/aromatic N) is 3. The lowest BCUT2D eigenvalue weighted by Crippen LogP contribution is -2.23. The van der Waals surface area contributed by atoms with E-state index in [0.29, 0.717) is 5.69 Å². The average Bonchev–Trinajstić information content (AvgIpc) is 2.45. The van der Waals surface area contributed by atoms with E-state index in [-0.39, 0.29) is 5.91 Å². The van der Waals surface area contributed by atoms with Gasteiger partial charge in [0.25, 0.3) is 5.91 Å². The second kappa shape index (κ2) is 4.55. The fraction of sp³-hybridized carbons (Fsp3) is 0.600. The lowest BCUT2D eigenvalue weighted by Gasteiger charge is -2.07. The van der Waals surface area contributed by atoms with Crippen molar-refractivity contribution in [1.29, 1.82) is 0 Å². The predicted octanol–water partition coefficient (Wildman–Crippen LogP) is 0.841. The van der Waals surface area contributed by atoms with Crippen LogP contribution in [0.5, 0.6) is 0 Å². The van der Waals surface area contributed by atoms with Gasteiger partial charge in [0.1, 0.15) is 0 Å². The van der Waals surface area contributed by atoms with Gasteiger partial charge in [0.2, 0.25) is 0 Å². The quantitative estimate of drug-likeness (QED) is 0.832. The Morgan fingerprint density at radius 1 is 1.56 bits per heavy atom. The first-order chi connectivity index (χ1) is 7.61. The maximum Gasteiger partial charge on any atom is 0.275 e. The van der Waals surface area contributed by atoms with Crippen molar-refractivity contribution in [2.75, 3.05) is 20.6 Å². The average molecular weight is 287 g/mol. The van der Waals surface area contributed by atoms with E-state index in [9.17, 15) is 4.79 Å². The highest BCUT2D eigenvalue weighted by molar-refractivity contribution is 9.10. The van der Waals surface area contributed by atoms with E-state index < -0.39 is 0 Å². The number of aryl methyl sites for hydroxylation is 1. The molecule has 1 aliphatic rings. The third-order valence-electron chi connectivity index (χ3n) is 2.62. The van der Waals surface area contributed by atoms with Gasteiger partial charge in [0, 0.05) is 27.2 Å². The highest BCUT2D eigenvalue weighted by Crippen LogP contribution is 2.23. The Bertz CT molecular complexity index is 413. The summed E-state index contributed by atoms with van der Waals surface area (Å²) in [6.45, 7) is 2.61. The molecule has 0 radical (unpaired) electrons. The van der Waals surface area contributed by atoms with E-state index in [0.717, 1.165) is 36.2 Å². The molecule has 2 heterocycles. The number of hydrogen-bond acceptors (Lipinski definition) is 3. The molecule has 1 amide bonds. The van der Waals surface area contributed by atoms with Crippen LogP contribution in [-0.4, -0.2) is 41.2 Å². The Labute approximate surface area is 103 Å². The van der Waals surface area contributed by atoms with Crippen LogP contribution in [0, 0.1) is 0 Å². The van der Waals surface area contributed by atoms with Crippen LogP contribution < -0.4 is 5.32 Å². The Morgan fingerprint density at radius 2 is 2.31 bits per heavy atom. The molecule has 0 aromatic carbocycles. The topological polar surface area (TPSA) is 50.2 Å². The maximum absolute atomic E-state index is 11.9. The molecule has 0 saturated heterocycles. The summed E-state index contributed by atoms with van der Waals surface area (Å²) < 4.78 is 2.74. The fourth-order valence-corrected chi connectivity index (χ4v) is 2.33. The molecule has 0 fully saturated rings. The van der Waals surface area contributed by atoms with E-state index in [2.05, 4.69) is 26.3 Å². The zero-order chi connectivity index (χ0) is 11.7. The Morgan fingerprint density at radius 3 is 3.00 bits per heavy atom. The van der Waals surface area contributed by atoms with E-state index >= 15 is 0 Å². The van der Waals surface area contributed by atoms with Gasteiger partial charge in [-0.3, -0.25) is 9.48 Å². The molecular formula is C10H15BrN4O. The van der Waals surface area contributed by atoms with Gasteiger partial charge in [0.05, 0.1) is 10.2 Å². The van der Waals surface area contributed by atoms with E-state index in [1.807, 2.05) is 4.68 Å². The van der Waals surface area contributed by atoms with Gasteiger partial charge in [-0.15, -0.1) is 0 Å². The Kier molecular flexibility index (Phi) is 3.30. The SMILES string of the molecule is CN(C)C(=O)c1nn2c(c1Br)CNCCC2. The van der Waals surface area contributed by atoms with Crippen molar-refractivity contribution in [3.8, 4) is 0 Å². The highest BCUT2D eigenvalue weighted by Gasteiger charge is 2.22. The molecule has 0 unspecified atom stereocenters. The minimum Gasteiger partial charge on any atom is -0.343 e. The van der Waals surface area contributed by atoms with E-state index in [1.165, 1.54) is 0 Å². The Hall–Kier alpha value is -0.880. The van der Waals surface area contributed by atoms with Crippen molar-refractivity contribution in [3.05, 3.63) is 15.9 Å². The van der Waals surface area contributed by atoms with Crippen molar-refractivity contribution >= 4 is 21.8 Å². The van der Waals surface area contributed by atoms with Crippen LogP contribution in [0.25, 0.3) is 0 Å². The summed E-state index contributed by atoms with van der Waals surface area (Å²) in [5.41, 5.74) is 1.56. The van der Waals surface area contributed by atoms with Gasteiger partial charge < -0.3 is 10.2 Å². The number of hydrogen-bond donors (Lipinski definition) is 1. The largest absolute Gasteiger partial charge is 0.343 e. The first kappa shape index (κ1) is 11.6. The molecule has 0 atom stereocenters. The van der Waals surface area contributed by atoms with Crippen LogP contribution in [0.3, 0.4) is 0 Å². The number of rotatable bonds is 1. The number of aromatic nitrogens is 2. The zero-order valence-electron chi connectivity index (χ0n) is 9.46. The van der Waals surface area contributed by atoms with Gasteiger partial charge in [-0.2, -0.15) is 5.10 Å². The molecular weight excluding hydrogens is 272 g/mol. The van der Waals surface area contributed by atoms with Crippen molar-refractivity contribution in [3.63, 3.8) is 0 Å². The second-order valence-corrected chi connectivity index (χ2v) is 4.86. The molecule has 5 nitrogen and oxygen atoms in total. The number of carbonyl (C=O) groups excluding carboxylic acids is 1. The molecule has 1 aromatic heterocycles. The number of halogens is 1. The van der Waals surface area contributed by atoms with Gasteiger partial charge in [-0.05, 0) is 28.9 Å². The Balaban J connectivity index is 2.39. The van der Waals surface area contributed by atoms with Crippen LogP contribution in [0.4, 0.5) is 0 Å². The van der Waals surface area contributed by atoms with E-state index in [4.69, 9.17) is 0 Å². The molecule has 6 heteroatoms. The molecule has 1 N–H and O–H groups in total. The maximum atomic E-state index is 11.9. The minimum atomic E-state index is -0.0625. The molecule has 1 aliphatic heterocycles. The lowest BCUT2D eigenvalue weighted by atomic mass is 10.3. The summed E-state index contributed by atoms with van der Waals surface area (Å²) >= 11 is 3.47. The summed E-state index contributed by atoms with van der Waals surface area (Å²) in [6, 6.07) is 0. The first-order valence-corrected chi connectivity index (χ1v) is 6.08. The monoisotopic (exact) mass is 286 g/mol. The molecule has 0 spiro atoms. The zero-order valence-corrected chi connectivity index (χ0v) is 11.0. The van der Waals surface area contributed by atoms with Gasteiger partial charge >= 0.3 is 0 Å². The summed E-state index contributed by atoms with van der Waals surface area (Å²) in [6.07, 6.45) is 1.04. The molecule has 2 rings (SSSR count). The van der Waals surface area contributed by atoms with Crippen molar-refractivity contribution < 1.29 is 4.79 Å². The number of nitrogens with one attached hydrogen (secondary N) is 1. The van der Waals surface area contributed by atoms with Crippen LogP contribution in [0.2, 0.25) is 0 Å². The van der Waals surface area contributed by atoms with Crippen LogP contribution in [-0.2, 0) is 13.1 Å². The predicted molar refractivity (Wildman–Crippen MR) is 64.3 cm³/mol. The van der Waals surface area contributed by atoms with E-state index in [1.54, 1.807) is 19.0 Å². The van der Waals surface area contributed by atoms with Crippen molar-refractivity contribution in [2.45, 2.75) is 19.5 Å².